The number of benzene rings is 1. The summed E-state index contributed by atoms with van der Waals surface area (Å²) in [5.41, 5.74) is -0.318. The van der Waals surface area contributed by atoms with Crippen molar-refractivity contribution in [1.82, 2.24) is 5.32 Å². The average Bonchev–Trinajstić information content (AvgIpc) is 2.74. The van der Waals surface area contributed by atoms with Gasteiger partial charge in [0.1, 0.15) is 17.4 Å². The van der Waals surface area contributed by atoms with Crippen molar-refractivity contribution in [3.05, 3.63) is 62.8 Å². The van der Waals surface area contributed by atoms with Crippen LogP contribution in [0.25, 0.3) is 0 Å². The number of nitrogens with one attached hydrogen (secondary N) is 1. The maximum atomic E-state index is 13.0. The van der Waals surface area contributed by atoms with Crippen LogP contribution in [-0.4, -0.2) is 24.0 Å². The number of para-hydroxylation sites is 1. The molecule has 1 aromatic carbocycles. The van der Waals surface area contributed by atoms with E-state index in [0.29, 0.717) is 6.42 Å². The summed E-state index contributed by atoms with van der Waals surface area (Å²) in [6.45, 7) is 5.12. The Labute approximate surface area is 195 Å². The number of nitrogens with zero attached hydrogens (tertiary/aromatic N) is 1. The fourth-order valence-corrected chi connectivity index (χ4v) is 3.72. The highest BCUT2D eigenvalue weighted by atomic mass is 19.4. The monoisotopic (exact) mass is 486 g/mol. The van der Waals surface area contributed by atoms with Crippen molar-refractivity contribution in [2.75, 3.05) is 6.61 Å². The Morgan fingerprint density at radius 3 is 2.38 bits per heavy atom. The van der Waals surface area contributed by atoms with Crippen molar-refractivity contribution in [3.63, 3.8) is 0 Å². The Kier molecular flexibility index (Phi) is 9.76. The molecule has 0 aliphatic carbocycles. The van der Waals surface area contributed by atoms with Gasteiger partial charge in [0.05, 0.1) is 22.9 Å². The molecule has 1 aliphatic heterocycles. The fourth-order valence-electron chi connectivity index (χ4n) is 3.72. The van der Waals surface area contributed by atoms with Gasteiger partial charge in [-0.15, -0.1) is 13.2 Å². The van der Waals surface area contributed by atoms with Gasteiger partial charge in [-0.3, -0.25) is 10.1 Å². The van der Waals surface area contributed by atoms with E-state index in [2.05, 4.69) is 17.0 Å². The van der Waals surface area contributed by atoms with E-state index in [4.69, 9.17) is 9.47 Å². The molecule has 1 N–H and O–H groups in total. The first-order chi connectivity index (χ1) is 16.0. The highest BCUT2D eigenvalue weighted by molar-refractivity contribution is 5.63. The topological polar surface area (TPSA) is 99.9 Å². The predicted octanol–water partition coefficient (Wildman–Crippen LogP) is 6.53. The van der Waals surface area contributed by atoms with Gasteiger partial charge in [0.15, 0.2) is 0 Å². The van der Waals surface area contributed by atoms with E-state index in [-0.39, 0.29) is 29.3 Å². The lowest BCUT2D eigenvalue weighted by Crippen LogP contribution is -2.30. The van der Waals surface area contributed by atoms with Crippen molar-refractivity contribution in [2.45, 2.75) is 71.6 Å². The summed E-state index contributed by atoms with van der Waals surface area (Å²) in [5.74, 6) is -2.30. The number of dihydropyridines is 1. The largest absolute Gasteiger partial charge is 0.573 e. The van der Waals surface area contributed by atoms with Crippen LogP contribution in [-0.2, 0) is 9.47 Å². The van der Waals surface area contributed by atoms with Gasteiger partial charge in [-0.05, 0) is 26.3 Å². The molecule has 0 saturated carbocycles. The smallest absolute Gasteiger partial charge is 0.434 e. The highest BCUT2D eigenvalue weighted by Gasteiger charge is 2.43. The number of halogens is 3. The van der Waals surface area contributed by atoms with E-state index in [9.17, 15) is 28.1 Å². The molecule has 0 spiro atoms. The van der Waals surface area contributed by atoms with Crippen LogP contribution in [0.1, 0.15) is 70.8 Å². The molecule has 1 aromatic rings. The van der Waals surface area contributed by atoms with Crippen LogP contribution < -0.4 is 10.1 Å². The summed E-state index contributed by atoms with van der Waals surface area (Å²) in [6.07, 6.45) is -0.267. The lowest BCUT2D eigenvalue weighted by molar-refractivity contribution is -0.431. The van der Waals surface area contributed by atoms with Gasteiger partial charge in [0, 0.05) is 5.56 Å². The highest BCUT2D eigenvalue weighted by Crippen LogP contribution is 2.43. The second-order valence-corrected chi connectivity index (χ2v) is 7.87. The minimum Gasteiger partial charge on any atom is -0.434 e. The third-order valence-corrected chi connectivity index (χ3v) is 5.23. The van der Waals surface area contributed by atoms with Crippen molar-refractivity contribution < 1.29 is 37.1 Å². The molecule has 0 bridgehead atoms. The maximum absolute atomic E-state index is 13.0. The number of carbonyl (C=O) groups excluding carboxylic acids is 1. The zero-order valence-corrected chi connectivity index (χ0v) is 19.4. The number of rotatable bonds is 11. The summed E-state index contributed by atoms with van der Waals surface area (Å²) < 4.78 is 53.4. The van der Waals surface area contributed by atoms with E-state index in [1.54, 1.807) is 0 Å². The molecular weight excluding hydrogens is 457 g/mol. The standard InChI is InChI=1S/C23H29F3N2O6/c1-4-5-6-7-8-11-14-32-22(29)33-21-16(3)27-15(2)20(28(30)31)19(21)17-12-9-10-13-18(17)34-23(24,25)26/h9-10,12-13,19,27H,4-8,11,14H2,1-3H3. The van der Waals surface area contributed by atoms with E-state index in [1.807, 2.05) is 0 Å². The number of carbonyl (C=O) groups is 1. The van der Waals surface area contributed by atoms with Crippen LogP contribution in [0.5, 0.6) is 5.75 Å². The number of unbranched alkanes of at least 4 members (excludes halogenated alkanes) is 5. The molecule has 0 amide bonds. The fraction of sp³-hybridized carbons (Fsp3) is 0.522. The van der Waals surface area contributed by atoms with Crippen molar-refractivity contribution in [2.24, 2.45) is 0 Å². The Morgan fingerprint density at radius 1 is 1.09 bits per heavy atom. The van der Waals surface area contributed by atoms with Crippen molar-refractivity contribution in [3.8, 4) is 5.75 Å². The van der Waals surface area contributed by atoms with Crippen LogP contribution in [0.15, 0.2) is 47.1 Å². The summed E-state index contributed by atoms with van der Waals surface area (Å²) in [6, 6.07) is 5.02. The zero-order chi connectivity index (χ0) is 25.3. The second kappa shape index (κ2) is 12.3. The third kappa shape index (κ3) is 7.67. The van der Waals surface area contributed by atoms with Gasteiger partial charge < -0.3 is 19.5 Å². The quantitative estimate of drug-likeness (QED) is 0.164. The molecule has 0 radical (unpaired) electrons. The molecule has 1 aliphatic rings. The number of ether oxygens (including phenoxy) is 3. The summed E-state index contributed by atoms with van der Waals surface area (Å²) in [5, 5.41) is 14.6. The minimum absolute atomic E-state index is 0.0973. The molecule has 34 heavy (non-hydrogen) atoms. The lowest BCUT2D eigenvalue weighted by atomic mass is 9.89. The van der Waals surface area contributed by atoms with Gasteiger partial charge >= 0.3 is 12.5 Å². The molecule has 0 aromatic heterocycles. The van der Waals surface area contributed by atoms with Crippen LogP contribution in [0, 0.1) is 10.1 Å². The molecule has 11 heteroatoms. The second-order valence-electron chi connectivity index (χ2n) is 7.87. The molecule has 188 valence electrons. The molecule has 0 fully saturated rings. The molecule has 2 rings (SSSR count). The molecule has 0 saturated heterocycles. The first kappa shape index (κ1) is 27.0. The van der Waals surface area contributed by atoms with E-state index < -0.39 is 34.8 Å². The van der Waals surface area contributed by atoms with Crippen LogP contribution >= 0.6 is 0 Å². The van der Waals surface area contributed by atoms with Gasteiger partial charge in [-0.1, -0.05) is 57.2 Å². The van der Waals surface area contributed by atoms with Gasteiger partial charge in [-0.25, -0.2) is 4.79 Å². The van der Waals surface area contributed by atoms with E-state index in [1.165, 1.54) is 32.0 Å². The van der Waals surface area contributed by atoms with Crippen molar-refractivity contribution in [1.29, 1.82) is 0 Å². The molecule has 1 unspecified atom stereocenters. The first-order valence-corrected chi connectivity index (χ1v) is 11.1. The summed E-state index contributed by atoms with van der Waals surface area (Å²) in [4.78, 5) is 23.5. The number of hydrogen-bond acceptors (Lipinski definition) is 7. The SMILES string of the molecule is CCCCCCCCOC(=O)OC1=C(C)NC(C)=C([N+](=O)[O-])C1c1ccccc1OC(F)(F)F. The summed E-state index contributed by atoms with van der Waals surface area (Å²) >= 11 is 0. The van der Waals surface area contributed by atoms with Crippen molar-refractivity contribution >= 4 is 6.16 Å². The minimum atomic E-state index is -5.02. The van der Waals surface area contributed by atoms with E-state index in [0.717, 1.165) is 38.2 Å². The molecule has 1 heterocycles. The zero-order valence-electron chi connectivity index (χ0n) is 19.4. The number of allylic oxidation sites excluding steroid dienone is 2. The van der Waals surface area contributed by atoms with Crippen LogP contribution in [0.4, 0.5) is 18.0 Å². The Bertz CT molecular complexity index is 943. The van der Waals surface area contributed by atoms with E-state index >= 15 is 0 Å². The van der Waals surface area contributed by atoms with Crippen LogP contribution in [0.2, 0.25) is 0 Å². The lowest BCUT2D eigenvalue weighted by Gasteiger charge is -2.27. The third-order valence-electron chi connectivity index (χ3n) is 5.23. The average molecular weight is 486 g/mol. The number of hydrogen-bond donors (Lipinski definition) is 1. The molecular formula is C23H29F3N2O6. The molecule has 1 atom stereocenters. The number of nitro groups is 1. The van der Waals surface area contributed by atoms with Gasteiger partial charge in [-0.2, -0.15) is 0 Å². The van der Waals surface area contributed by atoms with Crippen LogP contribution in [0.3, 0.4) is 0 Å². The number of alkyl halides is 3. The Balaban J connectivity index is 2.26. The Hall–Kier alpha value is -3.24. The normalized spacial score (nSPS) is 16.2. The molecule has 8 nitrogen and oxygen atoms in total. The van der Waals surface area contributed by atoms with Gasteiger partial charge in [0.25, 0.3) is 5.70 Å². The Morgan fingerprint density at radius 2 is 1.74 bits per heavy atom. The van der Waals surface area contributed by atoms with Gasteiger partial charge in [0.2, 0.25) is 0 Å². The maximum Gasteiger partial charge on any atom is 0.573 e. The first-order valence-electron chi connectivity index (χ1n) is 11.1. The summed E-state index contributed by atoms with van der Waals surface area (Å²) in [7, 11) is 0. The predicted molar refractivity (Wildman–Crippen MR) is 117 cm³/mol.